The largest absolute Gasteiger partial charge is 0.423 e. The van der Waals surface area contributed by atoms with E-state index in [0.717, 1.165) is 6.92 Å². The van der Waals surface area contributed by atoms with Crippen LogP contribution in [-0.2, 0) is 0 Å². The Labute approximate surface area is 105 Å². The van der Waals surface area contributed by atoms with E-state index >= 15 is 0 Å². The summed E-state index contributed by atoms with van der Waals surface area (Å²) in [6.07, 6.45) is -12.0. The molecule has 0 aliphatic carbocycles. The smallest absolute Gasteiger partial charge is 0.376 e. The van der Waals surface area contributed by atoms with Crippen molar-refractivity contribution in [3.8, 4) is 0 Å². The predicted octanol–water partition coefficient (Wildman–Crippen LogP) is 4.00. The van der Waals surface area contributed by atoms with E-state index < -0.39 is 49.8 Å². The first-order valence-electron chi connectivity index (χ1n) is 5.26. The predicted molar refractivity (Wildman–Crippen MR) is 53.4 cm³/mol. The Bertz CT molecular complexity index is 242. The van der Waals surface area contributed by atoms with Gasteiger partial charge in [-0.05, 0) is 6.42 Å². The zero-order chi connectivity index (χ0) is 15.9. The van der Waals surface area contributed by atoms with Gasteiger partial charge in [-0.1, -0.05) is 6.92 Å². The molecule has 0 bridgehead atoms. The minimum atomic E-state index is -5.73. The normalized spacial score (nSPS) is 17.2. The molecule has 0 radical (unpaired) electrons. The van der Waals surface area contributed by atoms with Gasteiger partial charge in [0.25, 0.3) is 5.92 Å². The van der Waals surface area contributed by atoms with E-state index in [9.17, 15) is 35.1 Å². The first-order valence-corrected chi connectivity index (χ1v) is 5.26. The summed E-state index contributed by atoms with van der Waals surface area (Å²) in [6.45, 7) is -0.594. The summed E-state index contributed by atoms with van der Waals surface area (Å²) < 4.78 is 97.5. The molecule has 0 amide bonds. The molecule has 0 spiro atoms. The summed E-state index contributed by atoms with van der Waals surface area (Å²) in [7, 11) is 0.500. The van der Waals surface area contributed by atoms with Crippen LogP contribution in [0.2, 0.25) is 0 Å². The average Bonchev–Trinajstić information content (AvgIpc) is 2.29. The highest BCUT2D eigenvalue weighted by molar-refractivity contribution is 5.00. The fraction of sp³-hybridized carbons (Fsp3) is 1.00. The Morgan fingerprint density at radius 1 is 1.05 bits per heavy atom. The second kappa shape index (κ2) is 7.86. The molecule has 1 nitrogen and oxygen atoms in total. The first kappa shape index (κ1) is 20.7. The summed E-state index contributed by atoms with van der Waals surface area (Å²) in [5, 5.41) is 9.03. The fourth-order valence-electron chi connectivity index (χ4n) is 1.26. The fourth-order valence-corrected chi connectivity index (χ4v) is 1.26. The minimum Gasteiger partial charge on any atom is -0.376 e. The van der Waals surface area contributed by atoms with Crippen molar-refractivity contribution in [1.82, 2.24) is 0 Å². The van der Waals surface area contributed by atoms with E-state index in [-0.39, 0.29) is 0 Å². The summed E-state index contributed by atoms with van der Waals surface area (Å²) >= 11 is 0. The Morgan fingerprint density at radius 2 is 1.47 bits per heavy atom. The molecule has 0 saturated carbocycles. The molecule has 19 heavy (non-hydrogen) atoms. The lowest BCUT2D eigenvalue weighted by atomic mass is 9.86. The molecular formula is C10H16F8O. The number of hydrogen-bond donors (Lipinski definition) is 1. The van der Waals surface area contributed by atoms with E-state index in [0.29, 0.717) is 7.18 Å². The van der Waals surface area contributed by atoms with Crippen molar-refractivity contribution in [3.63, 3.8) is 0 Å². The van der Waals surface area contributed by atoms with E-state index in [1.807, 2.05) is 0 Å². The first-order chi connectivity index (χ1) is 8.52. The number of hydrogen-bond acceptors (Lipinski definition) is 1. The summed E-state index contributed by atoms with van der Waals surface area (Å²) in [5.74, 6) is -4.76. The molecule has 118 valence electrons. The second-order valence-electron chi connectivity index (χ2n) is 3.71. The van der Waals surface area contributed by atoms with Gasteiger partial charge in [0.1, 0.15) is 6.17 Å². The van der Waals surface area contributed by atoms with Gasteiger partial charge >= 0.3 is 6.18 Å². The monoisotopic (exact) mass is 304 g/mol. The van der Waals surface area contributed by atoms with Crippen LogP contribution in [0.15, 0.2) is 0 Å². The number of rotatable bonds is 6. The van der Waals surface area contributed by atoms with Crippen molar-refractivity contribution in [2.45, 2.75) is 50.1 Å². The maximum atomic E-state index is 13.1. The van der Waals surface area contributed by atoms with E-state index in [1.165, 1.54) is 0 Å². The van der Waals surface area contributed by atoms with Gasteiger partial charge < -0.3 is 5.11 Å². The molecule has 0 rings (SSSR count). The molecule has 2 unspecified atom stereocenters. The Hall–Kier alpha value is -0.600. The maximum Gasteiger partial charge on any atom is 0.423 e. The molecular weight excluding hydrogens is 288 g/mol. The van der Waals surface area contributed by atoms with Gasteiger partial charge in [-0.25, -0.2) is 13.2 Å². The quantitative estimate of drug-likeness (QED) is 0.735. The van der Waals surface area contributed by atoms with Crippen LogP contribution in [0.5, 0.6) is 0 Å². The van der Waals surface area contributed by atoms with Crippen molar-refractivity contribution in [2.24, 2.45) is 0 Å². The molecule has 0 saturated heterocycles. The standard InChI is InChI=1S/C9H13F7O.CH3F/c1-2-6(11)5-7(17,9(14,15)16)8(12,13)3-4-10;1-2/h6,17H,2-5H2,1H3;1H3. The molecule has 0 aromatic rings. The lowest BCUT2D eigenvalue weighted by Crippen LogP contribution is -2.60. The molecule has 0 aromatic carbocycles. The minimum absolute atomic E-state index is 0.454. The van der Waals surface area contributed by atoms with Gasteiger partial charge in [-0.3, -0.25) is 8.78 Å². The molecule has 0 fully saturated rings. The molecule has 0 aliphatic heterocycles. The van der Waals surface area contributed by atoms with Crippen molar-refractivity contribution < 1.29 is 40.2 Å². The third-order valence-corrected chi connectivity index (χ3v) is 2.44. The van der Waals surface area contributed by atoms with Crippen LogP contribution < -0.4 is 0 Å². The van der Waals surface area contributed by atoms with Crippen LogP contribution in [0.3, 0.4) is 0 Å². The highest BCUT2D eigenvalue weighted by Crippen LogP contribution is 2.47. The summed E-state index contributed by atoms with van der Waals surface area (Å²) in [5.41, 5.74) is -4.54. The van der Waals surface area contributed by atoms with Crippen molar-refractivity contribution in [1.29, 1.82) is 0 Å². The van der Waals surface area contributed by atoms with Gasteiger partial charge in [0.2, 0.25) is 5.60 Å². The maximum absolute atomic E-state index is 13.1. The number of halogens is 8. The summed E-state index contributed by atoms with van der Waals surface area (Å²) in [6, 6.07) is 0. The molecule has 9 heteroatoms. The Morgan fingerprint density at radius 3 is 1.74 bits per heavy atom. The molecule has 0 aliphatic rings. The Kier molecular flexibility index (Phi) is 8.57. The summed E-state index contributed by atoms with van der Waals surface area (Å²) in [4.78, 5) is 0. The van der Waals surface area contributed by atoms with Crippen molar-refractivity contribution in [3.05, 3.63) is 0 Å². The lowest BCUT2D eigenvalue weighted by Gasteiger charge is -2.37. The zero-order valence-corrected chi connectivity index (χ0v) is 10.4. The van der Waals surface area contributed by atoms with E-state index in [1.54, 1.807) is 0 Å². The third kappa shape index (κ3) is 5.12. The van der Waals surface area contributed by atoms with Gasteiger partial charge in [-0.2, -0.15) is 13.2 Å². The topological polar surface area (TPSA) is 20.2 Å². The van der Waals surface area contributed by atoms with E-state index in [4.69, 9.17) is 5.11 Å². The second-order valence-corrected chi connectivity index (χ2v) is 3.71. The van der Waals surface area contributed by atoms with Crippen molar-refractivity contribution >= 4 is 0 Å². The SMILES string of the molecule is CCC(F)CC(O)(C(F)(F)F)C(F)(F)CCF.CF. The van der Waals surface area contributed by atoms with Crippen LogP contribution in [0, 0.1) is 0 Å². The molecule has 1 N–H and O–H groups in total. The highest BCUT2D eigenvalue weighted by atomic mass is 19.4. The number of alkyl halides is 8. The van der Waals surface area contributed by atoms with Gasteiger partial charge in [-0.15, -0.1) is 0 Å². The lowest BCUT2D eigenvalue weighted by molar-refractivity contribution is -0.338. The third-order valence-electron chi connectivity index (χ3n) is 2.44. The molecule has 0 aromatic heterocycles. The average molecular weight is 304 g/mol. The molecule has 2 atom stereocenters. The van der Waals surface area contributed by atoms with Crippen LogP contribution in [-0.4, -0.2) is 42.8 Å². The number of aliphatic hydroxyl groups is 1. The van der Waals surface area contributed by atoms with Gasteiger partial charge in [0.15, 0.2) is 0 Å². The van der Waals surface area contributed by atoms with Gasteiger partial charge in [0.05, 0.1) is 13.9 Å². The Balaban J connectivity index is 0. The van der Waals surface area contributed by atoms with Gasteiger partial charge in [0, 0.05) is 12.8 Å². The van der Waals surface area contributed by atoms with E-state index in [2.05, 4.69) is 0 Å². The zero-order valence-electron chi connectivity index (χ0n) is 10.4. The highest BCUT2D eigenvalue weighted by Gasteiger charge is 2.68. The van der Waals surface area contributed by atoms with Crippen LogP contribution in [0.25, 0.3) is 0 Å². The molecule has 0 heterocycles. The van der Waals surface area contributed by atoms with Crippen LogP contribution in [0.4, 0.5) is 35.1 Å². The van der Waals surface area contributed by atoms with Crippen molar-refractivity contribution in [2.75, 3.05) is 13.9 Å². The van der Waals surface area contributed by atoms with Crippen LogP contribution >= 0.6 is 0 Å². The van der Waals surface area contributed by atoms with Crippen LogP contribution in [0.1, 0.15) is 26.2 Å².